The van der Waals surface area contributed by atoms with Crippen LogP contribution in [0.3, 0.4) is 0 Å². The summed E-state index contributed by atoms with van der Waals surface area (Å²) in [4.78, 5) is 23.9. The molecule has 3 rings (SSSR count). The van der Waals surface area contributed by atoms with Gasteiger partial charge in [0.1, 0.15) is 0 Å². The van der Waals surface area contributed by atoms with Crippen LogP contribution in [0.25, 0.3) is 0 Å². The highest BCUT2D eigenvalue weighted by atomic mass is 16.5. The molecule has 1 atom stereocenters. The third kappa shape index (κ3) is 2.86. The van der Waals surface area contributed by atoms with Crippen LogP contribution in [0.15, 0.2) is 54.6 Å². The number of hydrogen-bond donors (Lipinski definition) is 2. The lowest BCUT2D eigenvalue weighted by Gasteiger charge is -2.23. The number of cyclic esters (lactones) is 1. The predicted molar refractivity (Wildman–Crippen MR) is 77.6 cm³/mol. The van der Waals surface area contributed by atoms with E-state index < -0.39 is 12.1 Å². The maximum absolute atomic E-state index is 12.1. The van der Waals surface area contributed by atoms with Gasteiger partial charge in [-0.2, -0.15) is 0 Å². The minimum atomic E-state index is -0.816. The first kappa shape index (κ1) is 13.2. The van der Waals surface area contributed by atoms with Gasteiger partial charge in [0.2, 0.25) is 0 Å². The molecule has 0 spiro atoms. The summed E-state index contributed by atoms with van der Waals surface area (Å²) in [5, 5.41) is 0. The van der Waals surface area contributed by atoms with E-state index in [1.165, 1.54) is 0 Å². The van der Waals surface area contributed by atoms with Gasteiger partial charge < -0.3 is 4.74 Å². The molecule has 1 aliphatic rings. The van der Waals surface area contributed by atoms with E-state index >= 15 is 0 Å². The first-order valence-corrected chi connectivity index (χ1v) is 6.64. The summed E-state index contributed by atoms with van der Waals surface area (Å²) in [6.45, 7) is 0. The van der Waals surface area contributed by atoms with Crippen LogP contribution in [0, 0.1) is 0 Å². The Morgan fingerprint density at radius 2 is 1.76 bits per heavy atom. The van der Waals surface area contributed by atoms with E-state index in [4.69, 9.17) is 4.74 Å². The predicted octanol–water partition coefficient (Wildman–Crippen LogP) is 1.91. The number of fused-ring (bicyclic) bond motifs is 1. The Morgan fingerprint density at radius 1 is 1.05 bits per heavy atom. The van der Waals surface area contributed by atoms with E-state index in [2.05, 4.69) is 10.9 Å². The lowest BCUT2D eigenvalue weighted by Crippen LogP contribution is -2.43. The number of carbonyl (C=O) groups excluding carboxylic acids is 2. The SMILES string of the molecule is O=C1OC(C(=O)NNc2ccccc2)Cc2ccccc21. The van der Waals surface area contributed by atoms with Crippen LogP contribution in [0.1, 0.15) is 15.9 Å². The fraction of sp³-hybridized carbons (Fsp3) is 0.125. The maximum Gasteiger partial charge on any atom is 0.339 e. The van der Waals surface area contributed by atoms with Crippen LogP contribution < -0.4 is 10.9 Å². The molecule has 5 nitrogen and oxygen atoms in total. The van der Waals surface area contributed by atoms with Gasteiger partial charge in [0.15, 0.2) is 6.10 Å². The molecular formula is C16H14N2O3. The minimum absolute atomic E-state index is 0.373. The van der Waals surface area contributed by atoms with Gasteiger partial charge in [0.25, 0.3) is 5.91 Å². The van der Waals surface area contributed by atoms with Crippen molar-refractivity contribution in [2.75, 3.05) is 5.43 Å². The molecule has 5 heteroatoms. The van der Waals surface area contributed by atoms with Crippen molar-refractivity contribution in [3.63, 3.8) is 0 Å². The lowest BCUT2D eigenvalue weighted by molar-refractivity contribution is -0.129. The third-order valence-electron chi connectivity index (χ3n) is 3.29. The Balaban J connectivity index is 1.65. The van der Waals surface area contributed by atoms with Crippen LogP contribution in [0.5, 0.6) is 0 Å². The van der Waals surface area contributed by atoms with Gasteiger partial charge in [-0.3, -0.25) is 15.6 Å². The number of esters is 1. The zero-order valence-corrected chi connectivity index (χ0v) is 11.2. The van der Waals surface area contributed by atoms with Crippen LogP contribution in [-0.2, 0) is 16.0 Å². The van der Waals surface area contributed by atoms with E-state index in [9.17, 15) is 9.59 Å². The molecule has 1 amide bonds. The van der Waals surface area contributed by atoms with Crippen LogP contribution in [0.2, 0.25) is 0 Å². The Hall–Kier alpha value is -2.82. The number of carbonyl (C=O) groups is 2. The average molecular weight is 282 g/mol. The van der Waals surface area contributed by atoms with Crippen molar-refractivity contribution in [2.24, 2.45) is 0 Å². The van der Waals surface area contributed by atoms with Crippen LogP contribution >= 0.6 is 0 Å². The van der Waals surface area contributed by atoms with Crippen molar-refractivity contribution in [2.45, 2.75) is 12.5 Å². The van der Waals surface area contributed by atoms with Gasteiger partial charge in [-0.15, -0.1) is 0 Å². The minimum Gasteiger partial charge on any atom is -0.448 e. The summed E-state index contributed by atoms with van der Waals surface area (Å²) in [7, 11) is 0. The first-order valence-electron chi connectivity index (χ1n) is 6.64. The van der Waals surface area contributed by atoms with E-state index in [-0.39, 0.29) is 5.91 Å². The second kappa shape index (κ2) is 5.66. The summed E-state index contributed by atoms with van der Waals surface area (Å²) in [5.41, 5.74) is 7.45. The quantitative estimate of drug-likeness (QED) is 0.666. The summed E-state index contributed by atoms with van der Waals surface area (Å²) >= 11 is 0. The fourth-order valence-electron chi connectivity index (χ4n) is 2.21. The van der Waals surface area contributed by atoms with E-state index in [1.54, 1.807) is 12.1 Å². The Labute approximate surface area is 121 Å². The molecule has 2 aromatic carbocycles. The molecule has 0 fully saturated rings. The van der Waals surface area contributed by atoms with Crippen molar-refractivity contribution in [3.05, 3.63) is 65.7 Å². The highest BCUT2D eigenvalue weighted by molar-refractivity contribution is 5.95. The number of anilines is 1. The summed E-state index contributed by atoms with van der Waals surface area (Å²) in [5.74, 6) is -0.835. The van der Waals surface area contributed by atoms with Crippen molar-refractivity contribution < 1.29 is 14.3 Å². The molecule has 0 aliphatic carbocycles. The normalized spacial score (nSPS) is 16.6. The molecule has 1 heterocycles. The van der Waals surface area contributed by atoms with E-state index in [0.717, 1.165) is 11.3 Å². The molecule has 106 valence electrons. The zero-order valence-electron chi connectivity index (χ0n) is 11.2. The number of benzene rings is 2. The first-order chi connectivity index (χ1) is 10.2. The maximum atomic E-state index is 12.1. The average Bonchev–Trinajstić information content (AvgIpc) is 2.53. The molecular weight excluding hydrogens is 268 g/mol. The number of hydrogen-bond acceptors (Lipinski definition) is 4. The Bertz CT molecular complexity index is 670. The van der Waals surface area contributed by atoms with Crippen molar-refractivity contribution >= 4 is 17.6 Å². The largest absolute Gasteiger partial charge is 0.448 e. The van der Waals surface area contributed by atoms with Gasteiger partial charge >= 0.3 is 5.97 Å². The molecule has 0 saturated heterocycles. The van der Waals surface area contributed by atoms with Crippen LogP contribution in [0.4, 0.5) is 5.69 Å². The number of hydrazine groups is 1. The molecule has 21 heavy (non-hydrogen) atoms. The smallest absolute Gasteiger partial charge is 0.339 e. The zero-order chi connectivity index (χ0) is 14.7. The fourth-order valence-corrected chi connectivity index (χ4v) is 2.21. The molecule has 0 radical (unpaired) electrons. The van der Waals surface area contributed by atoms with Crippen LogP contribution in [-0.4, -0.2) is 18.0 Å². The highest BCUT2D eigenvalue weighted by Gasteiger charge is 2.30. The van der Waals surface area contributed by atoms with Crippen molar-refractivity contribution in [1.29, 1.82) is 0 Å². The van der Waals surface area contributed by atoms with Gasteiger partial charge in [-0.25, -0.2) is 4.79 Å². The molecule has 2 N–H and O–H groups in total. The number of amides is 1. The number of para-hydroxylation sites is 1. The topological polar surface area (TPSA) is 67.4 Å². The molecule has 0 bridgehead atoms. The second-order valence-corrected chi connectivity index (χ2v) is 4.74. The van der Waals surface area contributed by atoms with Gasteiger partial charge in [0.05, 0.1) is 11.3 Å². The summed E-state index contributed by atoms with van der Waals surface area (Å²) in [6.07, 6.45) is -0.437. The number of ether oxygens (including phenoxy) is 1. The standard InChI is InChI=1S/C16H14N2O3/c19-15(18-17-12-7-2-1-3-8-12)14-10-11-6-4-5-9-13(11)16(20)21-14/h1-9,14,17H,10H2,(H,18,19). The van der Waals surface area contributed by atoms with Crippen molar-refractivity contribution in [1.82, 2.24) is 5.43 Å². The van der Waals surface area contributed by atoms with E-state index in [0.29, 0.717) is 12.0 Å². The van der Waals surface area contributed by atoms with Crippen molar-refractivity contribution in [3.8, 4) is 0 Å². The molecule has 1 unspecified atom stereocenters. The van der Waals surface area contributed by atoms with Gasteiger partial charge in [0, 0.05) is 6.42 Å². The lowest BCUT2D eigenvalue weighted by atomic mass is 9.98. The molecule has 0 aromatic heterocycles. The molecule has 1 aliphatic heterocycles. The monoisotopic (exact) mass is 282 g/mol. The third-order valence-corrected chi connectivity index (χ3v) is 3.29. The summed E-state index contributed by atoms with van der Waals surface area (Å²) < 4.78 is 5.17. The number of nitrogens with one attached hydrogen (secondary N) is 2. The summed E-state index contributed by atoms with van der Waals surface area (Å²) in [6, 6.07) is 16.4. The van der Waals surface area contributed by atoms with E-state index in [1.807, 2.05) is 42.5 Å². The van der Waals surface area contributed by atoms with Gasteiger partial charge in [-0.05, 0) is 23.8 Å². The second-order valence-electron chi connectivity index (χ2n) is 4.74. The Morgan fingerprint density at radius 3 is 2.57 bits per heavy atom. The number of rotatable bonds is 3. The Kier molecular flexibility index (Phi) is 3.55. The highest BCUT2D eigenvalue weighted by Crippen LogP contribution is 2.20. The molecule has 2 aromatic rings. The molecule has 0 saturated carbocycles. The van der Waals surface area contributed by atoms with Gasteiger partial charge in [-0.1, -0.05) is 36.4 Å².